The smallest absolute Gasteiger partial charge is 0.127 e. The van der Waals surface area contributed by atoms with Crippen molar-refractivity contribution in [2.24, 2.45) is 0 Å². The molecule has 0 N–H and O–H groups in total. The van der Waals surface area contributed by atoms with Gasteiger partial charge in [0.05, 0.1) is 13.2 Å². The Kier molecular flexibility index (Phi) is 11.0. The van der Waals surface area contributed by atoms with Crippen LogP contribution < -0.4 is 9.47 Å². The van der Waals surface area contributed by atoms with Crippen molar-refractivity contribution in [3.05, 3.63) is 158 Å². The lowest BCUT2D eigenvalue weighted by Crippen LogP contribution is -1.98. The fourth-order valence-corrected chi connectivity index (χ4v) is 12.6. The van der Waals surface area contributed by atoms with Crippen LogP contribution in [0.1, 0.15) is 90.9 Å². The van der Waals surface area contributed by atoms with Gasteiger partial charge in [-0.3, -0.25) is 0 Å². The molecule has 0 radical (unpaired) electrons. The van der Waals surface area contributed by atoms with Crippen molar-refractivity contribution in [1.29, 1.82) is 0 Å². The molecule has 0 unspecified atom stereocenters. The molecule has 0 fully saturated rings. The van der Waals surface area contributed by atoms with Crippen LogP contribution in [0.5, 0.6) is 11.5 Å². The summed E-state index contributed by atoms with van der Waals surface area (Å²) in [5.41, 5.74) is 0. The highest BCUT2D eigenvalue weighted by Crippen LogP contribution is 2.48. The van der Waals surface area contributed by atoms with Gasteiger partial charge in [0.1, 0.15) is 11.5 Å². The zero-order valence-electron chi connectivity index (χ0n) is 40.7. The van der Waals surface area contributed by atoms with E-state index in [1.165, 1.54) is 193 Å². The van der Waals surface area contributed by atoms with E-state index in [4.69, 9.17) is 9.47 Å². The fourth-order valence-electron chi connectivity index (χ4n) is 12.6. The Bertz CT molecular complexity index is 3760. The average Bonchev–Trinajstić information content (AvgIpc) is 3.41. The maximum Gasteiger partial charge on any atom is 0.127 e. The third-order valence-corrected chi connectivity index (χ3v) is 16.0. The van der Waals surface area contributed by atoms with Crippen LogP contribution in [0.2, 0.25) is 0 Å². The maximum absolute atomic E-state index is 6.37. The van der Waals surface area contributed by atoms with E-state index in [2.05, 4.69) is 172 Å². The first-order chi connectivity index (χ1) is 34.7. The van der Waals surface area contributed by atoms with Crippen molar-refractivity contribution >= 4 is 129 Å². The lowest BCUT2D eigenvalue weighted by atomic mass is 9.85. The van der Waals surface area contributed by atoms with Gasteiger partial charge in [-0.25, -0.2) is 0 Å². The van der Waals surface area contributed by atoms with E-state index in [1.807, 2.05) is 0 Å². The summed E-state index contributed by atoms with van der Waals surface area (Å²) in [5.74, 6) is 2.04. The Morgan fingerprint density at radius 3 is 0.829 bits per heavy atom. The summed E-state index contributed by atoms with van der Waals surface area (Å²) in [6.45, 7) is 6.12. The van der Waals surface area contributed by atoms with E-state index < -0.39 is 0 Å². The van der Waals surface area contributed by atoms with Gasteiger partial charge >= 0.3 is 0 Å². The molecule has 0 amide bonds. The van der Waals surface area contributed by atoms with Gasteiger partial charge in [0, 0.05) is 21.5 Å². The van der Waals surface area contributed by atoms with Crippen LogP contribution in [0.4, 0.5) is 0 Å². The molecule has 14 aromatic rings. The third kappa shape index (κ3) is 6.97. The summed E-state index contributed by atoms with van der Waals surface area (Å²) in [5, 5.41) is 32.1. The summed E-state index contributed by atoms with van der Waals surface area (Å²) < 4.78 is 12.7. The van der Waals surface area contributed by atoms with E-state index in [1.54, 1.807) is 0 Å². The van der Waals surface area contributed by atoms with Gasteiger partial charge in [-0.15, -0.1) is 0 Å². The molecule has 0 saturated carbocycles. The molecule has 0 bridgehead atoms. The van der Waals surface area contributed by atoms with Gasteiger partial charge in [-0.2, -0.15) is 0 Å². The molecule has 0 aromatic heterocycles. The van der Waals surface area contributed by atoms with E-state index in [0.717, 1.165) is 37.6 Å². The standard InChI is InChI=1S/2C34H30O/c2*1-2-3-4-5-6-7-21-35-30-20-14-24-13-17-27-25-15-11-22-9-8-10-23-12-16-26(33(25)31(22)23)28-18-19-29(30)32(24)34(27)28/h2*8-20H,2-7,21H2,1H3. The van der Waals surface area contributed by atoms with Gasteiger partial charge in [-0.05, 0) is 145 Å². The van der Waals surface area contributed by atoms with Crippen LogP contribution in [-0.4, -0.2) is 13.2 Å². The molecule has 0 heterocycles. The summed E-state index contributed by atoms with van der Waals surface area (Å²) in [4.78, 5) is 0. The minimum Gasteiger partial charge on any atom is -0.493 e. The lowest BCUT2D eigenvalue weighted by molar-refractivity contribution is 0.308. The molecule has 70 heavy (non-hydrogen) atoms. The molecule has 2 nitrogen and oxygen atoms in total. The Hall–Kier alpha value is -7.16. The molecule has 0 aliphatic carbocycles. The van der Waals surface area contributed by atoms with Gasteiger partial charge in [0.15, 0.2) is 0 Å². The fraction of sp³-hybridized carbons (Fsp3) is 0.235. The Morgan fingerprint density at radius 1 is 0.229 bits per heavy atom. The first kappa shape index (κ1) is 42.9. The van der Waals surface area contributed by atoms with Gasteiger partial charge in [0.2, 0.25) is 0 Å². The Balaban J connectivity index is 0.000000137. The van der Waals surface area contributed by atoms with Crippen molar-refractivity contribution < 1.29 is 9.47 Å². The highest BCUT2D eigenvalue weighted by Gasteiger charge is 2.20. The van der Waals surface area contributed by atoms with Crippen LogP contribution in [0.3, 0.4) is 0 Å². The normalized spacial score (nSPS) is 12.4. The summed E-state index contributed by atoms with van der Waals surface area (Å²) in [7, 11) is 0. The van der Waals surface area contributed by atoms with E-state index in [0.29, 0.717) is 0 Å². The SMILES string of the molecule is CCCCCCCCOc1ccc2ccc3c4ccc5cccc6ccc(c7ccc1c2c37)c4c56.CCCCCCCCOc1ccc2ccc3c4ccc5cccc6ccc(c7ccc1c2c37)c4c56. The molecule has 2 heteroatoms. The lowest BCUT2D eigenvalue weighted by Gasteiger charge is -2.19. The average molecular weight is 909 g/mol. The molecule has 0 atom stereocenters. The molecule has 344 valence electrons. The van der Waals surface area contributed by atoms with Crippen LogP contribution >= 0.6 is 0 Å². The van der Waals surface area contributed by atoms with Crippen LogP contribution in [-0.2, 0) is 0 Å². The number of hydrogen-bond donors (Lipinski definition) is 0. The van der Waals surface area contributed by atoms with E-state index in [9.17, 15) is 0 Å². The largest absolute Gasteiger partial charge is 0.493 e. The topological polar surface area (TPSA) is 18.5 Å². The number of fused-ring (bicyclic) bond motifs is 4. The first-order valence-electron chi connectivity index (χ1n) is 26.5. The van der Waals surface area contributed by atoms with Crippen molar-refractivity contribution in [2.45, 2.75) is 90.9 Å². The zero-order chi connectivity index (χ0) is 46.7. The number of unbranched alkanes of at least 4 members (excludes halogenated alkanes) is 10. The summed E-state index contributed by atoms with van der Waals surface area (Å²) >= 11 is 0. The van der Waals surface area contributed by atoms with Crippen LogP contribution in [0.25, 0.3) is 129 Å². The molecule has 0 aliphatic rings. The van der Waals surface area contributed by atoms with Crippen LogP contribution in [0.15, 0.2) is 158 Å². The Labute approximate surface area is 410 Å². The minimum atomic E-state index is 0.793. The van der Waals surface area contributed by atoms with Crippen molar-refractivity contribution in [3.8, 4) is 11.5 Å². The highest BCUT2D eigenvalue weighted by atomic mass is 16.5. The second-order valence-corrected chi connectivity index (χ2v) is 20.2. The van der Waals surface area contributed by atoms with Gasteiger partial charge in [-0.1, -0.05) is 212 Å². The quantitative estimate of drug-likeness (QED) is 0.0546. The third-order valence-electron chi connectivity index (χ3n) is 16.0. The van der Waals surface area contributed by atoms with Crippen LogP contribution in [0, 0.1) is 0 Å². The number of rotatable bonds is 16. The Morgan fingerprint density at radius 2 is 0.486 bits per heavy atom. The second kappa shape index (κ2) is 18.0. The van der Waals surface area contributed by atoms with E-state index in [-0.39, 0.29) is 0 Å². The minimum absolute atomic E-state index is 0.793. The van der Waals surface area contributed by atoms with Crippen molar-refractivity contribution in [1.82, 2.24) is 0 Å². The first-order valence-corrected chi connectivity index (χ1v) is 26.5. The molecule has 0 spiro atoms. The summed E-state index contributed by atoms with van der Waals surface area (Å²) in [6, 6.07) is 59.0. The molecule has 0 saturated heterocycles. The molecule has 14 rings (SSSR count). The predicted octanol–water partition coefficient (Wildman–Crippen LogP) is 20.4. The molecule has 0 aliphatic heterocycles. The molecular weight excluding hydrogens is 849 g/mol. The molecule has 14 aromatic carbocycles. The number of hydrogen-bond acceptors (Lipinski definition) is 2. The zero-order valence-corrected chi connectivity index (χ0v) is 40.7. The van der Waals surface area contributed by atoms with Crippen molar-refractivity contribution in [3.63, 3.8) is 0 Å². The maximum atomic E-state index is 6.37. The highest BCUT2D eigenvalue weighted by molar-refractivity contribution is 6.41. The van der Waals surface area contributed by atoms with Gasteiger partial charge in [0.25, 0.3) is 0 Å². The number of ether oxygens (including phenoxy) is 2. The molecular formula is C68H60O2. The second-order valence-electron chi connectivity index (χ2n) is 20.2. The van der Waals surface area contributed by atoms with Crippen molar-refractivity contribution in [2.75, 3.05) is 13.2 Å². The van der Waals surface area contributed by atoms with Gasteiger partial charge < -0.3 is 9.47 Å². The van der Waals surface area contributed by atoms with E-state index >= 15 is 0 Å². The number of benzene rings is 14. The summed E-state index contributed by atoms with van der Waals surface area (Å²) in [6.07, 6.45) is 15.4. The predicted molar refractivity (Wildman–Crippen MR) is 305 cm³/mol. The monoisotopic (exact) mass is 908 g/mol.